The van der Waals surface area contributed by atoms with Gasteiger partial charge < -0.3 is 0 Å². The van der Waals surface area contributed by atoms with Crippen molar-refractivity contribution in [2.75, 3.05) is 0 Å². The summed E-state index contributed by atoms with van der Waals surface area (Å²) in [7, 11) is 2.02. The summed E-state index contributed by atoms with van der Waals surface area (Å²) in [6.07, 6.45) is 1.23. The summed E-state index contributed by atoms with van der Waals surface area (Å²) in [5.41, 5.74) is 3.95. The molecule has 0 saturated heterocycles. The van der Waals surface area contributed by atoms with Crippen molar-refractivity contribution in [3.8, 4) is 0 Å². The van der Waals surface area contributed by atoms with Crippen LogP contribution in [0.25, 0.3) is 0 Å². The van der Waals surface area contributed by atoms with Crippen LogP contribution in [0.5, 0.6) is 0 Å². The molecule has 0 N–H and O–H groups in total. The maximum Gasteiger partial charge on any atom is 0.0631 e. The van der Waals surface area contributed by atoms with Crippen LogP contribution in [0.4, 0.5) is 0 Å². The summed E-state index contributed by atoms with van der Waals surface area (Å²) in [4.78, 5) is 0. The van der Waals surface area contributed by atoms with E-state index >= 15 is 0 Å². The van der Waals surface area contributed by atoms with Gasteiger partial charge in [-0.3, -0.25) is 4.68 Å². The van der Waals surface area contributed by atoms with Crippen molar-refractivity contribution < 1.29 is 0 Å². The molecule has 0 aliphatic heterocycles. The van der Waals surface area contributed by atoms with E-state index in [0.29, 0.717) is 5.92 Å². The number of aromatic nitrogens is 2. The number of aryl methyl sites for hydroxylation is 2. The van der Waals surface area contributed by atoms with Crippen LogP contribution in [0.3, 0.4) is 0 Å². The van der Waals surface area contributed by atoms with Crippen LogP contribution in [-0.2, 0) is 7.05 Å². The van der Waals surface area contributed by atoms with Gasteiger partial charge in [-0.05, 0) is 31.2 Å². The number of rotatable bonds is 3. The van der Waals surface area contributed by atoms with E-state index in [1.807, 2.05) is 11.7 Å². The molecular weight excluding hydrogens is 172 g/mol. The third-order valence-electron chi connectivity index (χ3n) is 3.52. The molecular formula is C12H22N2. The maximum absolute atomic E-state index is 4.47. The highest BCUT2D eigenvalue weighted by molar-refractivity contribution is 5.28. The molecule has 0 radical (unpaired) electrons. The average Bonchev–Trinajstić information content (AvgIpc) is 2.39. The first-order valence-electron chi connectivity index (χ1n) is 5.49. The van der Waals surface area contributed by atoms with Gasteiger partial charge in [-0.15, -0.1) is 0 Å². The van der Waals surface area contributed by atoms with Crippen LogP contribution in [0.2, 0.25) is 0 Å². The summed E-state index contributed by atoms with van der Waals surface area (Å²) in [5, 5.41) is 4.47. The van der Waals surface area contributed by atoms with Gasteiger partial charge in [0.25, 0.3) is 0 Å². The van der Waals surface area contributed by atoms with E-state index in [0.717, 1.165) is 5.92 Å². The van der Waals surface area contributed by atoms with Gasteiger partial charge in [-0.1, -0.05) is 27.2 Å². The van der Waals surface area contributed by atoms with E-state index in [9.17, 15) is 0 Å². The molecule has 14 heavy (non-hydrogen) atoms. The molecule has 2 nitrogen and oxygen atoms in total. The molecule has 80 valence electrons. The monoisotopic (exact) mass is 194 g/mol. The first-order chi connectivity index (χ1) is 6.49. The Labute approximate surface area is 87.3 Å². The van der Waals surface area contributed by atoms with Crippen molar-refractivity contribution >= 4 is 0 Å². The van der Waals surface area contributed by atoms with Crippen LogP contribution in [0.15, 0.2) is 0 Å². The van der Waals surface area contributed by atoms with E-state index < -0.39 is 0 Å². The zero-order valence-corrected chi connectivity index (χ0v) is 10.3. The molecule has 0 aromatic carbocycles. The van der Waals surface area contributed by atoms with Crippen molar-refractivity contribution in [1.82, 2.24) is 9.78 Å². The van der Waals surface area contributed by atoms with Gasteiger partial charge in [0.15, 0.2) is 0 Å². The molecule has 0 aliphatic carbocycles. The van der Waals surface area contributed by atoms with Crippen molar-refractivity contribution in [3.63, 3.8) is 0 Å². The average molecular weight is 194 g/mol. The predicted molar refractivity (Wildman–Crippen MR) is 60.6 cm³/mol. The smallest absolute Gasteiger partial charge is 0.0631 e. The Bertz CT molecular complexity index is 312. The van der Waals surface area contributed by atoms with Gasteiger partial charge >= 0.3 is 0 Å². The van der Waals surface area contributed by atoms with Gasteiger partial charge in [0.2, 0.25) is 0 Å². The van der Waals surface area contributed by atoms with Crippen LogP contribution in [0.1, 0.15) is 50.1 Å². The molecule has 1 rings (SSSR count). The zero-order valence-electron chi connectivity index (χ0n) is 10.3. The van der Waals surface area contributed by atoms with E-state index in [1.165, 1.54) is 23.4 Å². The van der Waals surface area contributed by atoms with Crippen molar-refractivity contribution in [3.05, 3.63) is 17.0 Å². The third kappa shape index (κ3) is 1.84. The first-order valence-corrected chi connectivity index (χ1v) is 5.49. The fourth-order valence-electron chi connectivity index (χ4n) is 2.09. The van der Waals surface area contributed by atoms with Gasteiger partial charge in [0, 0.05) is 12.7 Å². The summed E-state index contributed by atoms with van der Waals surface area (Å²) >= 11 is 0. The standard InChI is InChI=1S/C12H22N2/c1-7-8(2)9(3)12-10(4)13-14(6)11(12)5/h8-9H,7H2,1-6H3. The highest BCUT2D eigenvalue weighted by Crippen LogP contribution is 2.30. The molecule has 0 fully saturated rings. The van der Waals surface area contributed by atoms with Crippen LogP contribution in [0, 0.1) is 19.8 Å². The molecule has 2 atom stereocenters. The summed E-state index contributed by atoms with van der Waals surface area (Å²) in [6, 6.07) is 0. The Kier molecular flexibility index (Phi) is 3.35. The van der Waals surface area contributed by atoms with E-state index in [4.69, 9.17) is 0 Å². The molecule has 1 aromatic heterocycles. The molecule has 1 heterocycles. The Morgan fingerprint density at radius 3 is 2.21 bits per heavy atom. The lowest BCUT2D eigenvalue weighted by Gasteiger charge is -2.18. The maximum atomic E-state index is 4.47. The molecule has 0 spiro atoms. The second-order valence-corrected chi connectivity index (χ2v) is 4.38. The Morgan fingerprint density at radius 1 is 1.29 bits per heavy atom. The molecule has 0 bridgehead atoms. The highest BCUT2D eigenvalue weighted by atomic mass is 15.3. The lowest BCUT2D eigenvalue weighted by atomic mass is 9.86. The van der Waals surface area contributed by atoms with Gasteiger partial charge in [0.05, 0.1) is 5.69 Å². The molecule has 0 aliphatic rings. The Hall–Kier alpha value is -0.790. The number of nitrogens with zero attached hydrogens (tertiary/aromatic N) is 2. The molecule has 2 heteroatoms. The Balaban J connectivity index is 3.05. The SMILES string of the molecule is CCC(C)C(C)c1c(C)nn(C)c1C. The largest absolute Gasteiger partial charge is 0.272 e. The summed E-state index contributed by atoms with van der Waals surface area (Å²) < 4.78 is 1.99. The fourth-order valence-corrected chi connectivity index (χ4v) is 2.09. The minimum Gasteiger partial charge on any atom is -0.272 e. The topological polar surface area (TPSA) is 17.8 Å². The zero-order chi connectivity index (χ0) is 10.9. The minimum absolute atomic E-state index is 0.619. The first kappa shape index (κ1) is 11.3. The normalized spacial score (nSPS) is 15.6. The van der Waals surface area contributed by atoms with E-state index in [-0.39, 0.29) is 0 Å². The van der Waals surface area contributed by atoms with E-state index in [2.05, 4.69) is 39.7 Å². The van der Waals surface area contributed by atoms with Gasteiger partial charge in [0.1, 0.15) is 0 Å². The van der Waals surface area contributed by atoms with Crippen molar-refractivity contribution in [1.29, 1.82) is 0 Å². The van der Waals surface area contributed by atoms with E-state index in [1.54, 1.807) is 0 Å². The lowest BCUT2D eigenvalue weighted by Crippen LogP contribution is -2.07. The second-order valence-electron chi connectivity index (χ2n) is 4.38. The van der Waals surface area contributed by atoms with Gasteiger partial charge in [-0.25, -0.2) is 0 Å². The Morgan fingerprint density at radius 2 is 1.86 bits per heavy atom. The molecule has 2 unspecified atom stereocenters. The van der Waals surface area contributed by atoms with Crippen molar-refractivity contribution in [2.45, 2.75) is 47.0 Å². The third-order valence-corrected chi connectivity index (χ3v) is 3.52. The number of hydrogen-bond donors (Lipinski definition) is 0. The summed E-state index contributed by atoms with van der Waals surface area (Å²) in [5.74, 6) is 1.35. The van der Waals surface area contributed by atoms with Crippen LogP contribution < -0.4 is 0 Å². The molecule has 1 aromatic rings. The molecule has 0 saturated carbocycles. The summed E-state index contributed by atoms with van der Waals surface area (Å²) in [6.45, 7) is 11.2. The van der Waals surface area contributed by atoms with Crippen LogP contribution in [-0.4, -0.2) is 9.78 Å². The minimum atomic E-state index is 0.619. The highest BCUT2D eigenvalue weighted by Gasteiger charge is 2.19. The molecule has 0 amide bonds. The quantitative estimate of drug-likeness (QED) is 0.722. The fraction of sp³-hybridized carbons (Fsp3) is 0.750. The van der Waals surface area contributed by atoms with Crippen LogP contribution >= 0.6 is 0 Å². The lowest BCUT2D eigenvalue weighted by molar-refractivity contribution is 0.470. The number of hydrogen-bond acceptors (Lipinski definition) is 1. The van der Waals surface area contributed by atoms with Gasteiger partial charge in [-0.2, -0.15) is 5.10 Å². The predicted octanol–water partition coefficient (Wildman–Crippen LogP) is 3.19. The second kappa shape index (κ2) is 4.16. The van der Waals surface area contributed by atoms with Crippen molar-refractivity contribution in [2.24, 2.45) is 13.0 Å².